The Morgan fingerprint density at radius 2 is 1.94 bits per heavy atom. The quantitative estimate of drug-likeness (QED) is 0.574. The number of allylic oxidation sites excluding steroid dienone is 1. The van der Waals surface area contributed by atoms with E-state index in [9.17, 15) is 9.59 Å². The molecule has 4 heteroatoms. The molecule has 0 aromatic heterocycles. The maximum atomic E-state index is 11.5. The normalized spacial score (nSPS) is 13.6. The Morgan fingerprint density at radius 1 is 1.38 bits per heavy atom. The van der Waals surface area contributed by atoms with E-state index in [0.717, 1.165) is 12.0 Å². The molecule has 4 nitrogen and oxygen atoms in total. The molecule has 0 aromatic carbocycles. The maximum absolute atomic E-state index is 11.5. The Morgan fingerprint density at radius 3 is 2.31 bits per heavy atom. The summed E-state index contributed by atoms with van der Waals surface area (Å²) in [6, 6.07) is -0.571. The summed E-state index contributed by atoms with van der Waals surface area (Å²) >= 11 is 0. The minimum atomic E-state index is -0.571. The number of nitrogens with one attached hydrogen (secondary N) is 1. The third-order valence-corrected chi connectivity index (χ3v) is 2.39. The van der Waals surface area contributed by atoms with Crippen molar-refractivity contribution in [1.82, 2.24) is 5.32 Å². The summed E-state index contributed by atoms with van der Waals surface area (Å²) in [5.41, 5.74) is 0.894. The van der Waals surface area contributed by atoms with E-state index < -0.39 is 12.0 Å². The van der Waals surface area contributed by atoms with Gasteiger partial charge in [0.1, 0.15) is 6.04 Å². The number of hydrogen-bond acceptors (Lipinski definition) is 3. The summed E-state index contributed by atoms with van der Waals surface area (Å²) < 4.78 is 4.67. The third-order valence-electron chi connectivity index (χ3n) is 2.39. The first kappa shape index (κ1) is 14.7. The lowest BCUT2D eigenvalue weighted by Crippen LogP contribution is -2.45. The number of amides is 1. The Hall–Kier alpha value is -1.32. The Labute approximate surface area is 97.1 Å². The molecule has 0 spiro atoms. The van der Waals surface area contributed by atoms with Crippen LogP contribution in [0.25, 0.3) is 0 Å². The van der Waals surface area contributed by atoms with Gasteiger partial charge in [0.15, 0.2) is 0 Å². The van der Waals surface area contributed by atoms with Crippen LogP contribution < -0.4 is 5.32 Å². The van der Waals surface area contributed by atoms with Crippen molar-refractivity contribution >= 4 is 11.9 Å². The fourth-order valence-corrected chi connectivity index (χ4v) is 1.25. The second kappa shape index (κ2) is 7.04. The Bertz CT molecular complexity index is 280. The highest BCUT2D eigenvalue weighted by Crippen LogP contribution is 2.09. The standard InChI is InChI=1S/C12H21NO3/c1-6-9(4)11(12(15)16-5)13-10(14)7-8(2)3/h7,9,11H,6H2,1-5H3,(H,13,14). The van der Waals surface area contributed by atoms with Gasteiger partial charge in [-0.2, -0.15) is 0 Å². The van der Waals surface area contributed by atoms with Gasteiger partial charge in [-0.3, -0.25) is 4.79 Å². The predicted octanol–water partition coefficient (Wildman–Crippen LogP) is 1.66. The van der Waals surface area contributed by atoms with Crippen molar-refractivity contribution in [3.8, 4) is 0 Å². The van der Waals surface area contributed by atoms with Crippen LogP contribution in [0.15, 0.2) is 11.6 Å². The minimum absolute atomic E-state index is 0.0574. The van der Waals surface area contributed by atoms with E-state index in [1.54, 1.807) is 0 Å². The van der Waals surface area contributed by atoms with E-state index in [1.807, 2.05) is 27.7 Å². The summed E-state index contributed by atoms with van der Waals surface area (Å²) in [5.74, 6) is -0.595. The molecule has 0 aliphatic carbocycles. The number of esters is 1. The fourth-order valence-electron chi connectivity index (χ4n) is 1.25. The van der Waals surface area contributed by atoms with Crippen LogP contribution in [0, 0.1) is 5.92 Å². The van der Waals surface area contributed by atoms with Crippen LogP contribution in [0.4, 0.5) is 0 Å². The van der Waals surface area contributed by atoms with E-state index in [1.165, 1.54) is 13.2 Å². The van der Waals surface area contributed by atoms with Crippen molar-refractivity contribution in [2.24, 2.45) is 5.92 Å². The van der Waals surface area contributed by atoms with E-state index in [4.69, 9.17) is 0 Å². The highest BCUT2D eigenvalue weighted by atomic mass is 16.5. The van der Waals surface area contributed by atoms with E-state index in [0.29, 0.717) is 0 Å². The molecule has 92 valence electrons. The molecule has 1 amide bonds. The molecule has 0 fully saturated rings. The van der Waals surface area contributed by atoms with Gasteiger partial charge in [-0.25, -0.2) is 4.79 Å². The number of carbonyl (C=O) groups is 2. The van der Waals surface area contributed by atoms with Crippen molar-refractivity contribution in [1.29, 1.82) is 0 Å². The largest absolute Gasteiger partial charge is 0.467 e. The molecule has 1 N–H and O–H groups in total. The lowest BCUT2D eigenvalue weighted by atomic mass is 9.99. The molecule has 0 aromatic rings. The van der Waals surface area contributed by atoms with Crippen LogP contribution in [-0.4, -0.2) is 25.0 Å². The van der Waals surface area contributed by atoms with Crippen LogP contribution in [0.1, 0.15) is 34.1 Å². The minimum Gasteiger partial charge on any atom is -0.467 e. The van der Waals surface area contributed by atoms with E-state index in [2.05, 4.69) is 10.1 Å². The average molecular weight is 227 g/mol. The summed E-state index contributed by atoms with van der Waals surface area (Å²) in [6.45, 7) is 7.53. The van der Waals surface area contributed by atoms with Crippen molar-refractivity contribution < 1.29 is 14.3 Å². The molecule has 0 saturated carbocycles. The predicted molar refractivity (Wildman–Crippen MR) is 62.8 cm³/mol. The SMILES string of the molecule is CCC(C)C(NC(=O)C=C(C)C)C(=O)OC. The van der Waals surface area contributed by atoms with Gasteiger partial charge in [-0.05, 0) is 19.8 Å². The zero-order chi connectivity index (χ0) is 12.7. The fraction of sp³-hybridized carbons (Fsp3) is 0.667. The van der Waals surface area contributed by atoms with Gasteiger partial charge in [0.2, 0.25) is 5.91 Å². The summed E-state index contributed by atoms with van der Waals surface area (Å²) in [5, 5.41) is 2.66. The Balaban J connectivity index is 4.61. The van der Waals surface area contributed by atoms with Crippen molar-refractivity contribution in [3.63, 3.8) is 0 Å². The average Bonchev–Trinajstić information content (AvgIpc) is 2.22. The number of carbonyl (C=O) groups excluding carboxylic acids is 2. The first-order valence-corrected chi connectivity index (χ1v) is 5.45. The highest BCUT2D eigenvalue weighted by molar-refractivity contribution is 5.91. The second-order valence-corrected chi connectivity index (χ2v) is 4.12. The molecule has 0 bridgehead atoms. The smallest absolute Gasteiger partial charge is 0.328 e. The van der Waals surface area contributed by atoms with Crippen LogP contribution >= 0.6 is 0 Å². The molecule has 0 heterocycles. The number of hydrogen-bond donors (Lipinski definition) is 1. The van der Waals surface area contributed by atoms with Crippen molar-refractivity contribution in [2.45, 2.75) is 40.2 Å². The third kappa shape index (κ3) is 4.96. The van der Waals surface area contributed by atoms with Gasteiger partial charge in [0, 0.05) is 6.08 Å². The molecule has 2 atom stereocenters. The molecule has 0 saturated heterocycles. The number of methoxy groups -OCH3 is 1. The molecule has 0 radical (unpaired) electrons. The van der Waals surface area contributed by atoms with Crippen molar-refractivity contribution in [2.75, 3.05) is 7.11 Å². The molecule has 0 aliphatic rings. The number of ether oxygens (including phenoxy) is 1. The van der Waals surface area contributed by atoms with Gasteiger partial charge >= 0.3 is 5.97 Å². The monoisotopic (exact) mass is 227 g/mol. The zero-order valence-corrected chi connectivity index (χ0v) is 10.7. The van der Waals surface area contributed by atoms with Gasteiger partial charge in [-0.15, -0.1) is 0 Å². The van der Waals surface area contributed by atoms with Crippen LogP contribution in [0.2, 0.25) is 0 Å². The summed E-state index contributed by atoms with van der Waals surface area (Å²) in [4.78, 5) is 23.0. The maximum Gasteiger partial charge on any atom is 0.328 e. The summed E-state index contributed by atoms with van der Waals surface area (Å²) in [6.07, 6.45) is 2.27. The first-order chi connectivity index (χ1) is 7.42. The van der Waals surface area contributed by atoms with Crippen molar-refractivity contribution in [3.05, 3.63) is 11.6 Å². The molecule has 0 aliphatic heterocycles. The number of rotatable bonds is 5. The molecular weight excluding hydrogens is 206 g/mol. The van der Waals surface area contributed by atoms with Crippen LogP contribution in [-0.2, 0) is 14.3 Å². The lowest BCUT2D eigenvalue weighted by molar-refractivity contribution is -0.146. The topological polar surface area (TPSA) is 55.4 Å². The van der Waals surface area contributed by atoms with E-state index in [-0.39, 0.29) is 11.8 Å². The Kier molecular flexibility index (Phi) is 6.46. The molecule has 16 heavy (non-hydrogen) atoms. The second-order valence-electron chi connectivity index (χ2n) is 4.12. The molecule has 2 unspecified atom stereocenters. The highest BCUT2D eigenvalue weighted by Gasteiger charge is 2.25. The van der Waals surface area contributed by atoms with Crippen LogP contribution in [0.3, 0.4) is 0 Å². The van der Waals surface area contributed by atoms with Gasteiger partial charge in [-0.1, -0.05) is 25.8 Å². The van der Waals surface area contributed by atoms with Gasteiger partial charge in [0.05, 0.1) is 7.11 Å². The van der Waals surface area contributed by atoms with Gasteiger partial charge < -0.3 is 10.1 Å². The van der Waals surface area contributed by atoms with Crippen LogP contribution in [0.5, 0.6) is 0 Å². The molecule has 0 rings (SSSR count). The lowest BCUT2D eigenvalue weighted by Gasteiger charge is -2.21. The summed E-state index contributed by atoms with van der Waals surface area (Å²) in [7, 11) is 1.32. The van der Waals surface area contributed by atoms with Gasteiger partial charge in [0.25, 0.3) is 0 Å². The van der Waals surface area contributed by atoms with E-state index >= 15 is 0 Å². The molecular formula is C12H21NO3. The zero-order valence-electron chi connectivity index (χ0n) is 10.7. The first-order valence-electron chi connectivity index (χ1n) is 5.45.